The number of carbonyl (C=O) groups excluding carboxylic acids is 2. The number of hydrogen-bond donors (Lipinski definition) is 2. The molecular weight excluding hydrogens is 390 g/mol. The van der Waals surface area contributed by atoms with E-state index >= 15 is 0 Å². The van der Waals surface area contributed by atoms with Crippen molar-refractivity contribution < 1.29 is 9.59 Å². The lowest BCUT2D eigenvalue weighted by Gasteiger charge is -2.12. The number of benzene rings is 1. The van der Waals surface area contributed by atoms with Crippen molar-refractivity contribution in [2.24, 2.45) is 0 Å². The average Bonchev–Trinajstić information content (AvgIpc) is 2.78. The van der Waals surface area contributed by atoms with E-state index in [1.54, 1.807) is 19.3 Å². The highest BCUT2D eigenvalue weighted by Crippen LogP contribution is 2.26. The fourth-order valence-electron chi connectivity index (χ4n) is 3.19. The number of carbonyl (C=O) groups is 2. The molecule has 0 aliphatic heterocycles. The SMILES string of the molecule is CCC(=O)c1ncc(-c2cccc(CC)c2)cc1NC(=O)CNCc1cc(C)cnn1. The Hall–Kier alpha value is -3.45. The monoisotopic (exact) mass is 417 g/mol. The van der Waals surface area contributed by atoms with Crippen LogP contribution in [0.15, 0.2) is 48.8 Å². The van der Waals surface area contributed by atoms with E-state index in [0.29, 0.717) is 18.7 Å². The summed E-state index contributed by atoms with van der Waals surface area (Å²) in [5, 5.41) is 13.8. The highest BCUT2D eigenvalue weighted by atomic mass is 16.2. The highest BCUT2D eigenvalue weighted by Gasteiger charge is 2.15. The molecule has 0 bridgehead atoms. The molecule has 1 amide bonds. The molecule has 0 unspecified atom stereocenters. The summed E-state index contributed by atoms with van der Waals surface area (Å²) in [5.41, 5.74) is 5.52. The van der Waals surface area contributed by atoms with E-state index in [0.717, 1.165) is 28.8 Å². The lowest BCUT2D eigenvalue weighted by atomic mass is 10.0. The third-order valence-electron chi connectivity index (χ3n) is 4.85. The molecule has 0 radical (unpaired) electrons. The Morgan fingerprint density at radius 2 is 1.87 bits per heavy atom. The van der Waals surface area contributed by atoms with Gasteiger partial charge in [-0.3, -0.25) is 14.6 Å². The first kappa shape index (κ1) is 22.2. The van der Waals surface area contributed by atoms with Crippen LogP contribution in [0.5, 0.6) is 0 Å². The van der Waals surface area contributed by atoms with Crippen molar-refractivity contribution in [1.29, 1.82) is 0 Å². The second kappa shape index (κ2) is 10.5. The molecule has 31 heavy (non-hydrogen) atoms. The zero-order chi connectivity index (χ0) is 22.2. The van der Waals surface area contributed by atoms with Gasteiger partial charge in [-0.2, -0.15) is 10.2 Å². The minimum absolute atomic E-state index is 0.0743. The van der Waals surface area contributed by atoms with Crippen molar-refractivity contribution in [1.82, 2.24) is 20.5 Å². The molecule has 160 valence electrons. The lowest BCUT2D eigenvalue weighted by molar-refractivity contribution is -0.115. The number of rotatable bonds is 9. The van der Waals surface area contributed by atoms with Gasteiger partial charge in [0.25, 0.3) is 0 Å². The van der Waals surface area contributed by atoms with E-state index < -0.39 is 0 Å². The molecule has 7 nitrogen and oxygen atoms in total. The Bertz CT molecular complexity index is 1080. The number of amides is 1. The smallest absolute Gasteiger partial charge is 0.238 e. The van der Waals surface area contributed by atoms with E-state index in [-0.39, 0.29) is 23.9 Å². The Labute approximate surface area is 182 Å². The zero-order valence-corrected chi connectivity index (χ0v) is 18.1. The number of hydrogen-bond acceptors (Lipinski definition) is 6. The Kier molecular flexibility index (Phi) is 7.56. The number of nitrogens with one attached hydrogen (secondary N) is 2. The van der Waals surface area contributed by atoms with E-state index in [9.17, 15) is 9.59 Å². The maximum Gasteiger partial charge on any atom is 0.238 e. The Balaban J connectivity index is 1.75. The fraction of sp³-hybridized carbons (Fsp3) is 0.292. The van der Waals surface area contributed by atoms with Gasteiger partial charge >= 0.3 is 0 Å². The van der Waals surface area contributed by atoms with E-state index in [1.807, 2.05) is 31.2 Å². The first-order chi connectivity index (χ1) is 15.0. The van der Waals surface area contributed by atoms with Crippen molar-refractivity contribution in [3.63, 3.8) is 0 Å². The average molecular weight is 418 g/mol. The maximum atomic E-state index is 12.5. The van der Waals surface area contributed by atoms with Crippen LogP contribution in [0.3, 0.4) is 0 Å². The van der Waals surface area contributed by atoms with Crippen molar-refractivity contribution in [3.8, 4) is 11.1 Å². The number of nitrogens with zero attached hydrogens (tertiary/aromatic N) is 3. The molecule has 2 heterocycles. The van der Waals surface area contributed by atoms with Crippen LogP contribution in [0, 0.1) is 6.92 Å². The largest absolute Gasteiger partial charge is 0.323 e. The standard InChI is InChI=1S/C24H27N5O2/c1-4-17-7-6-8-18(10-17)19-11-21(24(26-13-19)22(30)5-2)28-23(31)15-25-14-20-9-16(3)12-27-29-20/h6-13,25H,4-5,14-15H2,1-3H3,(H,28,31). The van der Waals surface area contributed by atoms with Crippen LogP contribution in [0.1, 0.15) is 47.6 Å². The van der Waals surface area contributed by atoms with Crippen LogP contribution in [0.4, 0.5) is 5.69 Å². The Morgan fingerprint density at radius 3 is 2.61 bits per heavy atom. The van der Waals surface area contributed by atoms with E-state index in [2.05, 4.69) is 44.9 Å². The van der Waals surface area contributed by atoms with Crippen LogP contribution in [-0.4, -0.2) is 33.4 Å². The van der Waals surface area contributed by atoms with Gasteiger partial charge in [-0.05, 0) is 42.2 Å². The van der Waals surface area contributed by atoms with Crippen LogP contribution in [0.2, 0.25) is 0 Å². The third kappa shape index (κ3) is 6.02. The molecule has 2 N–H and O–H groups in total. The van der Waals surface area contributed by atoms with Crippen molar-refractivity contribution in [2.45, 2.75) is 40.2 Å². The number of anilines is 1. The van der Waals surface area contributed by atoms with Gasteiger partial charge in [-0.25, -0.2) is 0 Å². The summed E-state index contributed by atoms with van der Waals surface area (Å²) in [7, 11) is 0. The van der Waals surface area contributed by atoms with Gasteiger partial charge in [0.2, 0.25) is 5.91 Å². The van der Waals surface area contributed by atoms with Gasteiger partial charge in [-0.1, -0.05) is 38.1 Å². The van der Waals surface area contributed by atoms with Crippen LogP contribution < -0.4 is 10.6 Å². The summed E-state index contributed by atoms with van der Waals surface area (Å²) in [6, 6.07) is 11.9. The van der Waals surface area contributed by atoms with Crippen LogP contribution in [0.25, 0.3) is 11.1 Å². The quantitative estimate of drug-likeness (QED) is 0.515. The molecule has 0 spiro atoms. The molecular formula is C24H27N5O2. The number of ketones is 1. The molecule has 0 aliphatic carbocycles. The van der Waals surface area contributed by atoms with Crippen molar-refractivity contribution in [3.05, 3.63) is 71.3 Å². The van der Waals surface area contributed by atoms with Crippen molar-refractivity contribution >= 4 is 17.4 Å². The molecule has 1 aromatic carbocycles. The predicted molar refractivity (Wildman–Crippen MR) is 121 cm³/mol. The molecule has 0 atom stereocenters. The molecule has 0 saturated heterocycles. The van der Waals surface area contributed by atoms with Crippen LogP contribution in [-0.2, 0) is 17.8 Å². The van der Waals surface area contributed by atoms with E-state index in [1.165, 1.54) is 5.56 Å². The molecule has 0 saturated carbocycles. The van der Waals surface area contributed by atoms with Gasteiger partial charge < -0.3 is 10.6 Å². The van der Waals surface area contributed by atoms with Gasteiger partial charge in [0.15, 0.2) is 5.78 Å². The summed E-state index contributed by atoms with van der Waals surface area (Å²) in [6.45, 7) is 6.31. The predicted octanol–water partition coefficient (Wildman–Crippen LogP) is 3.73. The minimum atomic E-state index is -0.257. The number of Topliss-reactive ketones (excluding diaryl/α,β-unsaturated/α-hetero) is 1. The first-order valence-corrected chi connectivity index (χ1v) is 10.4. The summed E-state index contributed by atoms with van der Waals surface area (Å²) < 4.78 is 0. The minimum Gasteiger partial charge on any atom is -0.323 e. The molecule has 3 aromatic rings. The number of aromatic nitrogens is 3. The normalized spacial score (nSPS) is 10.7. The van der Waals surface area contributed by atoms with Crippen molar-refractivity contribution in [2.75, 3.05) is 11.9 Å². The number of pyridine rings is 1. The first-order valence-electron chi connectivity index (χ1n) is 10.4. The third-order valence-corrected chi connectivity index (χ3v) is 4.85. The van der Waals surface area contributed by atoms with Crippen LogP contribution >= 0.6 is 0 Å². The Morgan fingerprint density at radius 1 is 1.03 bits per heavy atom. The molecule has 0 fully saturated rings. The van der Waals surface area contributed by atoms with Gasteiger partial charge in [-0.15, -0.1) is 0 Å². The summed E-state index contributed by atoms with van der Waals surface area (Å²) >= 11 is 0. The topological polar surface area (TPSA) is 96.9 Å². The summed E-state index contributed by atoms with van der Waals surface area (Å²) in [5.74, 6) is -0.376. The molecule has 2 aromatic heterocycles. The highest BCUT2D eigenvalue weighted by molar-refractivity contribution is 6.04. The molecule has 0 aliphatic rings. The molecule has 7 heteroatoms. The number of aryl methyl sites for hydroxylation is 2. The van der Waals surface area contributed by atoms with Gasteiger partial charge in [0, 0.05) is 24.7 Å². The lowest BCUT2D eigenvalue weighted by Crippen LogP contribution is -2.29. The summed E-state index contributed by atoms with van der Waals surface area (Å²) in [4.78, 5) is 29.3. The second-order valence-electron chi connectivity index (χ2n) is 7.33. The van der Waals surface area contributed by atoms with Gasteiger partial charge in [0.05, 0.1) is 24.1 Å². The molecule has 3 rings (SSSR count). The van der Waals surface area contributed by atoms with E-state index in [4.69, 9.17) is 0 Å². The second-order valence-corrected chi connectivity index (χ2v) is 7.33. The van der Waals surface area contributed by atoms with Gasteiger partial charge in [0.1, 0.15) is 5.69 Å². The summed E-state index contributed by atoms with van der Waals surface area (Å²) in [6.07, 6.45) is 4.60. The fourth-order valence-corrected chi connectivity index (χ4v) is 3.19. The maximum absolute atomic E-state index is 12.5. The zero-order valence-electron chi connectivity index (χ0n) is 18.1.